The molecule has 126 valence electrons. The zero-order chi connectivity index (χ0) is 18.0. The summed E-state index contributed by atoms with van der Waals surface area (Å²) in [5.74, 6) is -0.840. The van der Waals surface area contributed by atoms with Gasteiger partial charge in [0.05, 0.1) is 21.7 Å². The minimum atomic E-state index is -0.578. The molecule has 2 aromatic carbocycles. The van der Waals surface area contributed by atoms with E-state index in [2.05, 4.69) is 5.32 Å². The maximum Gasteiger partial charge on any atom is 0.291 e. The van der Waals surface area contributed by atoms with Gasteiger partial charge in [-0.3, -0.25) is 14.9 Å². The molecule has 1 amide bonds. The molecule has 25 heavy (non-hydrogen) atoms. The van der Waals surface area contributed by atoms with Gasteiger partial charge in [-0.1, -0.05) is 18.2 Å². The van der Waals surface area contributed by atoms with Crippen LogP contribution in [0.15, 0.2) is 59.0 Å². The predicted molar refractivity (Wildman–Crippen MR) is 89.9 cm³/mol. The Bertz CT molecular complexity index is 965. The molecule has 0 bridgehead atoms. The first-order chi connectivity index (χ1) is 12.0. The van der Waals surface area contributed by atoms with E-state index in [1.54, 1.807) is 31.2 Å². The molecule has 7 heteroatoms. The molecule has 1 heterocycles. The number of anilines is 1. The fraction of sp³-hybridized carbons (Fsp3) is 0.0556. The number of hydrogen-bond donors (Lipinski definition) is 1. The van der Waals surface area contributed by atoms with Crippen LogP contribution >= 0.6 is 0 Å². The Balaban J connectivity index is 1.85. The molecule has 3 aromatic rings. The monoisotopic (exact) mass is 340 g/mol. The van der Waals surface area contributed by atoms with Crippen LogP contribution in [0.25, 0.3) is 11.3 Å². The lowest BCUT2D eigenvalue weighted by atomic mass is 10.1. The fourth-order valence-electron chi connectivity index (χ4n) is 2.41. The van der Waals surface area contributed by atoms with Crippen molar-refractivity contribution >= 4 is 17.3 Å². The zero-order valence-corrected chi connectivity index (χ0v) is 13.2. The van der Waals surface area contributed by atoms with Gasteiger partial charge in [-0.05, 0) is 37.3 Å². The Morgan fingerprint density at radius 1 is 1.12 bits per heavy atom. The van der Waals surface area contributed by atoms with E-state index in [9.17, 15) is 19.3 Å². The summed E-state index contributed by atoms with van der Waals surface area (Å²) in [5.41, 5.74) is 0.794. The number of hydrogen-bond acceptors (Lipinski definition) is 4. The number of nitrogens with one attached hydrogen (secondary N) is 1. The predicted octanol–water partition coefficient (Wildman–Crippen LogP) is 4.55. The maximum absolute atomic E-state index is 13.8. The second kappa shape index (κ2) is 6.56. The summed E-state index contributed by atoms with van der Waals surface area (Å²) in [6.45, 7) is 1.54. The molecule has 0 atom stereocenters. The first kappa shape index (κ1) is 16.4. The highest BCUT2D eigenvalue weighted by Crippen LogP contribution is 2.27. The van der Waals surface area contributed by atoms with Gasteiger partial charge in [0.1, 0.15) is 11.6 Å². The number of carbonyl (C=O) groups is 1. The molecular weight excluding hydrogens is 327 g/mol. The standard InChI is InChI=1S/C18H13FN2O4/c1-11-14(7-4-8-15(11)21(23)24)20-18(22)17-10-9-16(25-17)12-5-2-3-6-13(12)19/h2-10H,1H3,(H,20,22). The quantitative estimate of drug-likeness (QED) is 0.557. The lowest BCUT2D eigenvalue weighted by Gasteiger charge is -2.07. The van der Waals surface area contributed by atoms with Crippen LogP contribution in [0.1, 0.15) is 16.1 Å². The zero-order valence-electron chi connectivity index (χ0n) is 13.2. The van der Waals surface area contributed by atoms with Crippen molar-refractivity contribution in [2.75, 3.05) is 5.32 Å². The SMILES string of the molecule is Cc1c(NC(=O)c2ccc(-c3ccccc3F)o2)cccc1[N+](=O)[O-]. The van der Waals surface area contributed by atoms with Crippen molar-refractivity contribution in [3.63, 3.8) is 0 Å². The van der Waals surface area contributed by atoms with Gasteiger partial charge in [0, 0.05) is 6.07 Å². The highest BCUT2D eigenvalue weighted by atomic mass is 19.1. The van der Waals surface area contributed by atoms with Crippen molar-refractivity contribution in [2.45, 2.75) is 6.92 Å². The van der Waals surface area contributed by atoms with E-state index < -0.39 is 16.6 Å². The third-order valence-corrected chi connectivity index (χ3v) is 3.72. The summed E-state index contributed by atoms with van der Waals surface area (Å²) in [6.07, 6.45) is 0. The third-order valence-electron chi connectivity index (χ3n) is 3.72. The molecule has 0 aliphatic heterocycles. The summed E-state index contributed by atoms with van der Waals surface area (Å²) < 4.78 is 19.2. The Morgan fingerprint density at radius 2 is 1.88 bits per heavy atom. The van der Waals surface area contributed by atoms with Crippen LogP contribution in [0.4, 0.5) is 15.8 Å². The van der Waals surface area contributed by atoms with Gasteiger partial charge < -0.3 is 9.73 Å². The van der Waals surface area contributed by atoms with Gasteiger partial charge in [0.25, 0.3) is 11.6 Å². The molecule has 3 rings (SSSR count). The van der Waals surface area contributed by atoms with Gasteiger partial charge >= 0.3 is 0 Å². The summed E-state index contributed by atoms with van der Waals surface area (Å²) in [7, 11) is 0. The van der Waals surface area contributed by atoms with Gasteiger partial charge in [-0.25, -0.2) is 4.39 Å². The minimum Gasteiger partial charge on any atom is -0.451 e. The van der Waals surface area contributed by atoms with Crippen molar-refractivity contribution in [3.05, 3.63) is 81.9 Å². The molecule has 0 saturated carbocycles. The molecule has 1 aromatic heterocycles. The second-order valence-corrected chi connectivity index (χ2v) is 5.30. The number of rotatable bonds is 4. The van der Waals surface area contributed by atoms with Crippen LogP contribution < -0.4 is 5.32 Å². The van der Waals surface area contributed by atoms with Gasteiger partial charge in [0.2, 0.25) is 0 Å². The fourth-order valence-corrected chi connectivity index (χ4v) is 2.41. The lowest BCUT2D eigenvalue weighted by molar-refractivity contribution is -0.385. The van der Waals surface area contributed by atoms with E-state index >= 15 is 0 Å². The molecule has 0 aliphatic carbocycles. The average molecular weight is 340 g/mol. The number of nitro benzene ring substituents is 1. The highest BCUT2D eigenvalue weighted by Gasteiger charge is 2.18. The number of halogens is 1. The van der Waals surface area contributed by atoms with E-state index in [0.29, 0.717) is 11.3 Å². The van der Waals surface area contributed by atoms with Crippen molar-refractivity contribution in [3.8, 4) is 11.3 Å². The minimum absolute atomic E-state index is 0.0239. The van der Waals surface area contributed by atoms with Gasteiger partial charge in [-0.15, -0.1) is 0 Å². The third kappa shape index (κ3) is 3.25. The Kier molecular flexibility index (Phi) is 4.30. The van der Waals surface area contributed by atoms with Crippen LogP contribution in [-0.2, 0) is 0 Å². The summed E-state index contributed by atoms with van der Waals surface area (Å²) in [6, 6.07) is 13.4. The maximum atomic E-state index is 13.8. The molecule has 0 saturated heterocycles. The molecule has 1 N–H and O–H groups in total. The number of amides is 1. The highest BCUT2D eigenvalue weighted by molar-refractivity contribution is 6.03. The van der Waals surface area contributed by atoms with Crippen molar-refractivity contribution < 1.29 is 18.5 Å². The van der Waals surface area contributed by atoms with Crippen molar-refractivity contribution in [1.82, 2.24) is 0 Å². The number of carbonyl (C=O) groups excluding carboxylic acids is 1. The van der Waals surface area contributed by atoms with Crippen LogP contribution in [0.2, 0.25) is 0 Å². The number of benzene rings is 2. The molecular formula is C18H13FN2O4. The van der Waals surface area contributed by atoms with E-state index in [4.69, 9.17) is 4.42 Å². The van der Waals surface area contributed by atoms with Crippen LogP contribution in [0, 0.1) is 22.9 Å². The van der Waals surface area contributed by atoms with E-state index in [1.165, 1.54) is 30.3 Å². The van der Waals surface area contributed by atoms with E-state index in [0.717, 1.165) is 0 Å². The van der Waals surface area contributed by atoms with E-state index in [-0.39, 0.29) is 22.8 Å². The number of nitrogens with zero attached hydrogens (tertiary/aromatic N) is 1. The lowest BCUT2D eigenvalue weighted by Crippen LogP contribution is -2.12. The van der Waals surface area contributed by atoms with Crippen LogP contribution in [-0.4, -0.2) is 10.8 Å². The molecule has 0 fully saturated rings. The molecule has 0 aliphatic rings. The summed E-state index contributed by atoms with van der Waals surface area (Å²) in [4.78, 5) is 22.7. The first-order valence-corrected chi connectivity index (χ1v) is 7.37. The van der Waals surface area contributed by atoms with Crippen LogP contribution in [0.3, 0.4) is 0 Å². The largest absolute Gasteiger partial charge is 0.451 e. The Labute approximate surface area is 142 Å². The molecule has 0 unspecified atom stereocenters. The first-order valence-electron chi connectivity index (χ1n) is 7.37. The molecule has 6 nitrogen and oxygen atoms in total. The Hall–Kier alpha value is -3.48. The summed E-state index contributed by atoms with van der Waals surface area (Å²) in [5, 5.41) is 13.5. The Morgan fingerprint density at radius 3 is 2.60 bits per heavy atom. The van der Waals surface area contributed by atoms with Crippen molar-refractivity contribution in [1.29, 1.82) is 0 Å². The van der Waals surface area contributed by atoms with Crippen molar-refractivity contribution in [2.24, 2.45) is 0 Å². The normalized spacial score (nSPS) is 10.5. The molecule has 0 spiro atoms. The average Bonchev–Trinajstić information content (AvgIpc) is 3.07. The number of nitro groups is 1. The smallest absolute Gasteiger partial charge is 0.291 e. The number of furan rings is 1. The van der Waals surface area contributed by atoms with Gasteiger partial charge in [0.15, 0.2) is 5.76 Å². The summed E-state index contributed by atoms with van der Waals surface area (Å²) >= 11 is 0. The van der Waals surface area contributed by atoms with E-state index in [1.807, 2.05) is 0 Å². The van der Waals surface area contributed by atoms with Gasteiger partial charge in [-0.2, -0.15) is 0 Å². The molecule has 0 radical (unpaired) electrons. The topological polar surface area (TPSA) is 85.4 Å². The van der Waals surface area contributed by atoms with Crippen LogP contribution in [0.5, 0.6) is 0 Å². The second-order valence-electron chi connectivity index (χ2n) is 5.30.